The molecule has 0 aromatic carbocycles. The van der Waals surface area contributed by atoms with E-state index in [0.717, 1.165) is 37.9 Å². The van der Waals surface area contributed by atoms with E-state index in [4.69, 9.17) is 10.8 Å². The number of carbonyl (C=O) groups is 1. The maximum atomic E-state index is 12.6. The molecule has 6 nitrogen and oxygen atoms in total. The third-order valence-electron chi connectivity index (χ3n) is 4.04. The zero-order chi connectivity index (χ0) is 14.7. The molecule has 1 unspecified atom stereocenters. The van der Waals surface area contributed by atoms with Crippen LogP contribution >= 0.6 is 0 Å². The molecule has 0 saturated carbocycles. The maximum absolute atomic E-state index is 12.6. The Morgan fingerprint density at radius 3 is 2.90 bits per heavy atom. The molecule has 1 saturated heterocycles. The van der Waals surface area contributed by atoms with Gasteiger partial charge in [-0.25, -0.2) is 0 Å². The fraction of sp³-hybridized carbons (Fsp3) is 0.714. The van der Waals surface area contributed by atoms with Gasteiger partial charge in [0, 0.05) is 26.7 Å². The van der Waals surface area contributed by atoms with Crippen molar-refractivity contribution in [3.8, 4) is 0 Å². The summed E-state index contributed by atoms with van der Waals surface area (Å²) < 4.78 is 1.59. The van der Waals surface area contributed by atoms with Gasteiger partial charge in [0.05, 0.1) is 11.4 Å². The first-order valence-corrected chi connectivity index (χ1v) is 7.29. The molecule has 1 aromatic heterocycles. The van der Waals surface area contributed by atoms with Crippen LogP contribution in [0.5, 0.6) is 0 Å². The van der Waals surface area contributed by atoms with Crippen molar-refractivity contribution in [3.05, 3.63) is 11.4 Å². The zero-order valence-corrected chi connectivity index (χ0v) is 12.3. The molecule has 1 amide bonds. The molecule has 112 valence electrons. The highest BCUT2D eigenvalue weighted by molar-refractivity contribution is 5.98. The number of aryl methyl sites for hydroxylation is 2. The van der Waals surface area contributed by atoms with E-state index in [9.17, 15) is 4.79 Å². The van der Waals surface area contributed by atoms with Crippen molar-refractivity contribution in [2.75, 3.05) is 25.4 Å². The fourth-order valence-electron chi connectivity index (χ4n) is 2.93. The van der Waals surface area contributed by atoms with Crippen LogP contribution in [0, 0.1) is 5.92 Å². The molecule has 1 aromatic rings. The number of rotatable bonds is 4. The van der Waals surface area contributed by atoms with Crippen molar-refractivity contribution in [2.45, 2.75) is 32.6 Å². The average Bonchev–Trinajstić information content (AvgIpc) is 2.73. The standard InChI is InChI=1S/C14H24N4O2/c1-3-11-12(15)13(17(2)16-11)14(20)18-7-4-5-10(9-18)6-8-19/h10,19H,3-9,15H2,1-2H3. The molecule has 1 aliphatic heterocycles. The maximum Gasteiger partial charge on any atom is 0.274 e. The van der Waals surface area contributed by atoms with Crippen LogP contribution in [0.15, 0.2) is 0 Å². The number of aliphatic hydroxyl groups is 1. The Labute approximate surface area is 119 Å². The number of nitrogens with zero attached hydrogens (tertiary/aromatic N) is 3. The SMILES string of the molecule is CCc1nn(C)c(C(=O)N2CCCC(CCO)C2)c1N. The first-order valence-electron chi connectivity index (χ1n) is 7.29. The van der Waals surface area contributed by atoms with Gasteiger partial charge < -0.3 is 15.7 Å². The Balaban J connectivity index is 2.16. The van der Waals surface area contributed by atoms with Crippen molar-refractivity contribution in [3.63, 3.8) is 0 Å². The predicted octanol–water partition coefficient (Wildman–Crippen LogP) is 0.799. The molecule has 2 rings (SSSR count). The van der Waals surface area contributed by atoms with E-state index in [-0.39, 0.29) is 12.5 Å². The molecular weight excluding hydrogens is 256 g/mol. The van der Waals surface area contributed by atoms with Gasteiger partial charge in [-0.15, -0.1) is 0 Å². The van der Waals surface area contributed by atoms with Crippen LogP contribution in [-0.4, -0.2) is 45.4 Å². The Morgan fingerprint density at radius 2 is 2.30 bits per heavy atom. The predicted molar refractivity (Wildman–Crippen MR) is 77.3 cm³/mol. The van der Waals surface area contributed by atoms with Gasteiger partial charge in [-0.1, -0.05) is 6.92 Å². The number of aromatic nitrogens is 2. The van der Waals surface area contributed by atoms with E-state index in [2.05, 4.69) is 5.10 Å². The lowest BCUT2D eigenvalue weighted by Crippen LogP contribution is -2.41. The first-order chi connectivity index (χ1) is 9.58. The number of likely N-dealkylation sites (tertiary alicyclic amines) is 1. The Bertz CT molecular complexity index is 482. The molecule has 2 heterocycles. The molecule has 3 N–H and O–H groups in total. The molecule has 0 bridgehead atoms. The molecule has 20 heavy (non-hydrogen) atoms. The summed E-state index contributed by atoms with van der Waals surface area (Å²) in [6.07, 6.45) is 3.53. The highest BCUT2D eigenvalue weighted by Crippen LogP contribution is 2.24. The summed E-state index contributed by atoms with van der Waals surface area (Å²) in [6, 6.07) is 0. The summed E-state index contributed by atoms with van der Waals surface area (Å²) in [5.74, 6) is 0.345. The number of aliphatic hydroxyl groups excluding tert-OH is 1. The number of hydrogen-bond acceptors (Lipinski definition) is 4. The quantitative estimate of drug-likeness (QED) is 0.854. The fourth-order valence-corrected chi connectivity index (χ4v) is 2.93. The van der Waals surface area contributed by atoms with E-state index in [1.165, 1.54) is 0 Å². The van der Waals surface area contributed by atoms with Gasteiger partial charge in [-0.2, -0.15) is 5.10 Å². The molecule has 1 atom stereocenters. The number of carbonyl (C=O) groups excluding carboxylic acids is 1. The number of nitrogen functional groups attached to an aromatic ring is 1. The van der Waals surface area contributed by atoms with E-state index < -0.39 is 0 Å². The summed E-state index contributed by atoms with van der Waals surface area (Å²) in [6.45, 7) is 3.62. The van der Waals surface area contributed by atoms with Gasteiger partial charge in [0.1, 0.15) is 5.69 Å². The first kappa shape index (κ1) is 14.8. The number of hydrogen-bond donors (Lipinski definition) is 2. The summed E-state index contributed by atoms with van der Waals surface area (Å²) in [7, 11) is 1.76. The topological polar surface area (TPSA) is 84.4 Å². The van der Waals surface area contributed by atoms with Crippen molar-refractivity contribution in [1.29, 1.82) is 0 Å². The number of nitrogens with two attached hydrogens (primary N) is 1. The number of amides is 1. The molecular formula is C14H24N4O2. The lowest BCUT2D eigenvalue weighted by molar-refractivity contribution is 0.0643. The van der Waals surface area contributed by atoms with Crippen molar-refractivity contribution in [1.82, 2.24) is 14.7 Å². The smallest absolute Gasteiger partial charge is 0.274 e. The minimum absolute atomic E-state index is 0.0418. The third kappa shape index (κ3) is 2.80. The van der Waals surface area contributed by atoms with Crippen LogP contribution in [0.1, 0.15) is 42.4 Å². The van der Waals surface area contributed by atoms with E-state index >= 15 is 0 Å². The highest BCUT2D eigenvalue weighted by atomic mass is 16.3. The molecule has 1 fully saturated rings. The molecule has 1 aliphatic rings. The van der Waals surface area contributed by atoms with E-state index in [1.807, 2.05) is 11.8 Å². The minimum Gasteiger partial charge on any atom is -0.396 e. The van der Waals surface area contributed by atoms with Gasteiger partial charge in [-0.3, -0.25) is 9.48 Å². The zero-order valence-electron chi connectivity index (χ0n) is 12.3. The van der Waals surface area contributed by atoms with Gasteiger partial charge in [-0.05, 0) is 31.6 Å². The summed E-state index contributed by atoms with van der Waals surface area (Å²) in [5, 5.41) is 13.4. The third-order valence-corrected chi connectivity index (χ3v) is 4.04. The van der Waals surface area contributed by atoms with Gasteiger partial charge >= 0.3 is 0 Å². The second kappa shape index (κ2) is 6.26. The Hall–Kier alpha value is -1.56. The molecule has 6 heteroatoms. The van der Waals surface area contributed by atoms with Crippen molar-refractivity contribution >= 4 is 11.6 Å². The minimum atomic E-state index is -0.0418. The second-order valence-electron chi connectivity index (χ2n) is 5.46. The monoisotopic (exact) mass is 280 g/mol. The lowest BCUT2D eigenvalue weighted by atomic mass is 9.95. The number of anilines is 1. The number of piperidine rings is 1. The van der Waals surface area contributed by atoms with Crippen LogP contribution in [0.4, 0.5) is 5.69 Å². The van der Waals surface area contributed by atoms with Gasteiger partial charge in [0.15, 0.2) is 0 Å². The summed E-state index contributed by atoms with van der Waals surface area (Å²) in [4.78, 5) is 14.5. The second-order valence-corrected chi connectivity index (χ2v) is 5.46. The van der Waals surface area contributed by atoms with E-state index in [1.54, 1.807) is 11.7 Å². The lowest BCUT2D eigenvalue weighted by Gasteiger charge is -2.32. The Morgan fingerprint density at radius 1 is 1.55 bits per heavy atom. The van der Waals surface area contributed by atoms with Gasteiger partial charge in [0.25, 0.3) is 5.91 Å². The van der Waals surface area contributed by atoms with Crippen molar-refractivity contribution < 1.29 is 9.90 Å². The molecule has 0 radical (unpaired) electrons. The summed E-state index contributed by atoms with van der Waals surface area (Å²) >= 11 is 0. The van der Waals surface area contributed by atoms with E-state index in [0.29, 0.717) is 23.8 Å². The molecule has 0 spiro atoms. The normalized spacial score (nSPS) is 19.4. The Kier molecular flexibility index (Phi) is 4.65. The van der Waals surface area contributed by atoms with Crippen LogP contribution in [-0.2, 0) is 13.5 Å². The average molecular weight is 280 g/mol. The molecule has 0 aliphatic carbocycles. The summed E-state index contributed by atoms with van der Waals surface area (Å²) in [5.41, 5.74) is 7.82. The van der Waals surface area contributed by atoms with Crippen molar-refractivity contribution in [2.24, 2.45) is 13.0 Å². The highest BCUT2D eigenvalue weighted by Gasteiger charge is 2.28. The largest absolute Gasteiger partial charge is 0.396 e. The van der Waals surface area contributed by atoms with Gasteiger partial charge in [0.2, 0.25) is 0 Å². The van der Waals surface area contributed by atoms with Crippen LogP contribution in [0.2, 0.25) is 0 Å². The van der Waals surface area contributed by atoms with Crippen LogP contribution in [0.3, 0.4) is 0 Å². The van der Waals surface area contributed by atoms with Crippen LogP contribution < -0.4 is 5.73 Å². The van der Waals surface area contributed by atoms with Crippen LogP contribution in [0.25, 0.3) is 0 Å².